The fraction of sp³-hybridized carbons (Fsp3) is 1.00. The molecule has 0 aromatic rings. The SMILES string of the molecule is OCC1(N2CC3(CCCCCC3)C2)CCOCC1. The third-order valence-electron chi connectivity index (χ3n) is 5.61. The van der Waals surface area contributed by atoms with Gasteiger partial charge < -0.3 is 9.84 Å². The Morgan fingerprint density at radius 1 is 0.889 bits per heavy atom. The summed E-state index contributed by atoms with van der Waals surface area (Å²) in [6.45, 7) is 4.42. The molecule has 2 aliphatic heterocycles. The van der Waals surface area contributed by atoms with Crippen molar-refractivity contribution < 1.29 is 9.84 Å². The standard InChI is InChI=1S/C15H27NO2/c17-13-15(7-9-18-10-8-15)16-11-14(12-16)5-3-1-2-4-6-14/h17H,1-13H2. The van der Waals surface area contributed by atoms with Crippen molar-refractivity contribution in [2.75, 3.05) is 32.9 Å². The highest BCUT2D eigenvalue weighted by Crippen LogP contribution is 2.47. The van der Waals surface area contributed by atoms with Gasteiger partial charge in [0.05, 0.1) is 6.61 Å². The van der Waals surface area contributed by atoms with Gasteiger partial charge in [0.2, 0.25) is 0 Å². The molecule has 0 radical (unpaired) electrons. The van der Waals surface area contributed by atoms with Crippen LogP contribution in [0.3, 0.4) is 0 Å². The van der Waals surface area contributed by atoms with Crippen LogP contribution in [0.2, 0.25) is 0 Å². The Morgan fingerprint density at radius 3 is 2.06 bits per heavy atom. The molecular formula is C15H27NO2. The van der Waals surface area contributed by atoms with Gasteiger partial charge in [-0.2, -0.15) is 0 Å². The van der Waals surface area contributed by atoms with E-state index in [1.165, 1.54) is 51.6 Å². The fourth-order valence-corrected chi connectivity index (χ4v) is 4.22. The number of rotatable bonds is 2. The second kappa shape index (κ2) is 5.10. The number of aliphatic hydroxyl groups excluding tert-OH is 1. The van der Waals surface area contributed by atoms with Crippen molar-refractivity contribution in [3.8, 4) is 0 Å². The summed E-state index contributed by atoms with van der Waals surface area (Å²) in [4.78, 5) is 2.57. The van der Waals surface area contributed by atoms with Crippen LogP contribution in [0.15, 0.2) is 0 Å². The Balaban J connectivity index is 1.62. The number of ether oxygens (including phenoxy) is 1. The summed E-state index contributed by atoms with van der Waals surface area (Å²) >= 11 is 0. The first-order valence-electron chi connectivity index (χ1n) is 7.72. The van der Waals surface area contributed by atoms with Crippen molar-refractivity contribution in [3.63, 3.8) is 0 Å². The number of nitrogens with zero attached hydrogens (tertiary/aromatic N) is 1. The Morgan fingerprint density at radius 2 is 1.50 bits per heavy atom. The maximum absolute atomic E-state index is 9.82. The second-order valence-electron chi connectivity index (χ2n) is 6.77. The van der Waals surface area contributed by atoms with E-state index in [1.807, 2.05) is 0 Å². The molecule has 0 aromatic heterocycles. The minimum absolute atomic E-state index is 0.0514. The molecule has 0 amide bonds. The van der Waals surface area contributed by atoms with Crippen LogP contribution < -0.4 is 0 Å². The molecule has 3 nitrogen and oxygen atoms in total. The lowest BCUT2D eigenvalue weighted by molar-refractivity contribution is -0.138. The average Bonchev–Trinajstić information content (AvgIpc) is 2.63. The van der Waals surface area contributed by atoms with Gasteiger partial charge in [-0.25, -0.2) is 0 Å². The molecule has 2 heterocycles. The Labute approximate surface area is 110 Å². The monoisotopic (exact) mass is 253 g/mol. The van der Waals surface area contributed by atoms with Crippen molar-refractivity contribution in [3.05, 3.63) is 0 Å². The third kappa shape index (κ3) is 2.21. The largest absolute Gasteiger partial charge is 0.394 e. The molecule has 2 saturated heterocycles. The van der Waals surface area contributed by atoms with Crippen LogP contribution in [-0.2, 0) is 4.74 Å². The molecule has 1 aliphatic carbocycles. The summed E-state index contributed by atoms with van der Waals surface area (Å²) in [5, 5.41) is 9.82. The highest BCUT2D eigenvalue weighted by molar-refractivity contribution is 5.04. The van der Waals surface area contributed by atoms with Crippen molar-refractivity contribution in [1.82, 2.24) is 4.90 Å². The minimum Gasteiger partial charge on any atom is -0.394 e. The first kappa shape index (κ1) is 12.9. The van der Waals surface area contributed by atoms with E-state index in [9.17, 15) is 5.11 Å². The molecule has 1 saturated carbocycles. The van der Waals surface area contributed by atoms with Gasteiger partial charge in [-0.3, -0.25) is 4.90 Å². The van der Waals surface area contributed by atoms with Crippen LogP contribution in [0, 0.1) is 5.41 Å². The molecule has 3 aliphatic rings. The van der Waals surface area contributed by atoms with Gasteiger partial charge >= 0.3 is 0 Å². The van der Waals surface area contributed by atoms with Gasteiger partial charge in [-0.15, -0.1) is 0 Å². The molecule has 104 valence electrons. The van der Waals surface area contributed by atoms with Gasteiger partial charge in [0.15, 0.2) is 0 Å². The minimum atomic E-state index is 0.0514. The predicted octanol–water partition coefficient (Wildman–Crippen LogP) is 2.18. The highest BCUT2D eigenvalue weighted by Gasteiger charge is 2.51. The Bertz CT molecular complexity index is 270. The topological polar surface area (TPSA) is 32.7 Å². The molecule has 0 unspecified atom stereocenters. The van der Waals surface area contributed by atoms with Crippen LogP contribution in [0.1, 0.15) is 51.4 Å². The van der Waals surface area contributed by atoms with Crippen molar-refractivity contribution >= 4 is 0 Å². The van der Waals surface area contributed by atoms with E-state index in [0.29, 0.717) is 12.0 Å². The number of hydrogen-bond acceptors (Lipinski definition) is 3. The van der Waals surface area contributed by atoms with E-state index in [1.54, 1.807) is 0 Å². The third-order valence-corrected chi connectivity index (χ3v) is 5.61. The quantitative estimate of drug-likeness (QED) is 0.819. The zero-order chi connectivity index (χ0) is 12.5. The van der Waals surface area contributed by atoms with Gasteiger partial charge in [-0.05, 0) is 31.1 Å². The summed E-state index contributed by atoms with van der Waals surface area (Å²) < 4.78 is 5.46. The predicted molar refractivity (Wildman–Crippen MR) is 71.6 cm³/mol. The Kier molecular flexibility index (Phi) is 3.65. The number of aliphatic hydroxyl groups is 1. The zero-order valence-electron chi connectivity index (χ0n) is 11.5. The number of hydrogen-bond donors (Lipinski definition) is 1. The fourth-order valence-electron chi connectivity index (χ4n) is 4.22. The molecule has 0 atom stereocenters. The second-order valence-corrected chi connectivity index (χ2v) is 6.77. The van der Waals surface area contributed by atoms with Crippen LogP contribution in [-0.4, -0.2) is 48.5 Å². The van der Waals surface area contributed by atoms with E-state index in [4.69, 9.17) is 4.74 Å². The van der Waals surface area contributed by atoms with Crippen molar-refractivity contribution in [2.45, 2.75) is 56.9 Å². The summed E-state index contributed by atoms with van der Waals surface area (Å²) in [7, 11) is 0. The van der Waals surface area contributed by atoms with E-state index in [0.717, 1.165) is 26.1 Å². The summed E-state index contributed by atoms with van der Waals surface area (Å²) in [6, 6.07) is 0. The molecule has 1 spiro atoms. The van der Waals surface area contributed by atoms with E-state index in [2.05, 4.69) is 4.90 Å². The molecule has 3 rings (SSSR count). The summed E-state index contributed by atoms with van der Waals surface area (Å²) in [6.07, 6.45) is 10.6. The zero-order valence-corrected chi connectivity index (χ0v) is 11.5. The van der Waals surface area contributed by atoms with Crippen molar-refractivity contribution in [1.29, 1.82) is 0 Å². The normalized spacial score (nSPS) is 31.8. The van der Waals surface area contributed by atoms with Crippen LogP contribution in [0.5, 0.6) is 0 Å². The first-order chi connectivity index (χ1) is 8.79. The smallest absolute Gasteiger partial charge is 0.0617 e. The molecule has 18 heavy (non-hydrogen) atoms. The van der Waals surface area contributed by atoms with E-state index < -0.39 is 0 Å². The molecule has 1 N–H and O–H groups in total. The summed E-state index contributed by atoms with van der Waals surface area (Å²) in [5.41, 5.74) is 0.660. The lowest BCUT2D eigenvalue weighted by Crippen LogP contribution is -2.67. The van der Waals surface area contributed by atoms with E-state index in [-0.39, 0.29) is 5.54 Å². The maximum Gasteiger partial charge on any atom is 0.0617 e. The highest BCUT2D eigenvalue weighted by atomic mass is 16.5. The van der Waals surface area contributed by atoms with Gasteiger partial charge in [0, 0.05) is 31.8 Å². The van der Waals surface area contributed by atoms with Crippen LogP contribution >= 0.6 is 0 Å². The lowest BCUT2D eigenvalue weighted by Gasteiger charge is -2.59. The van der Waals surface area contributed by atoms with Gasteiger partial charge in [0.1, 0.15) is 0 Å². The Hall–Kier alpha value is -0.120. The first-order valence-corrected chi connectivity index (χ1v) is 7.72. The van der Waals surface area contributed by atoms with E-state index >= 15 is 0 Å². The molecule has 0 bridgehead atoms. The van der Waals surface area contributed by atoms with Crippen LogP contribution in [0.4, 0.5) is 0 Å². The average molecular weight is 253 g/mol. The molecular weight excluding hydrogens is 226 g/mol. The van der Waals surface area contributed by atoms with Crippen LogP contribution in [0.25, 0.3) is 0 Å². The number of likely N-dealkylation sites (tertiary alicyclic amines) is 1. The lowest BCUT2D eigenvalue weighted by atomic mass is 9.70. The molecule has 3 fully saturated rings. The maximum atomic E-state index is 9.82. The summed E-state index contributed by atoms with van der Waals surface area (Å²) in [5.74, 6) is 0. The van der Waals surface area contributed by atoms with Crippen molar-refractivity contribution in [2.24, 2.45) is 5.41 Å². The molecule has 0 aromatic carbocycles. The molecule has 3 heteroatoms. The van der Waals surface area contributed by atoms with Gasteiger partial charge in [-0.1, -0.05) is 25.7 Å². The van der Waals surface area contributed by atoms with Gasteiger partial charge in [0.25, 0.3) is 0 Å².